The van der Waals surface area contributed by atoms with Crippen LogP contribution in [0.4, 0.5) is 16.2 Å². The topological polar surface area (TPSA) is 92.6 Å². The van der Waals surface area contributed by atoms with Crippen molar-refractivity contribution in [2.45, 2.75) is 31.7 Å². The molecule has 0 radical (unpaired) electrons. The summed E-state index contributed by atoms with van der Waals surface area (Å²) < 4.78 is 0. The van der Waals surface area contributed by atoms with Gasteiger partial charge in [-0.15, -0.1) is 0 Å². The first-order chi connectivity index (χ1) is 10.1. The molecule has 1 heterocycles. The van der Waals surface area contributed by atoms with Crippen molar-refractivity contribution in [3.05, 3.63) is 34.4 Å². The zero-order valence-corrected chi connectivity index (χ0v) is 11.3. The first-order valence-corrected chi connectivity index (χ1v) is 6.97. The summed E-state index contributed by atoms with van der Waals surface area (Å²) in [5.41, 5.74) is 0.297. The van der Waals surface area contributed by atoms with Gasteiger partial charge >= 0.3 is 6.03 Å². The number of carbonyl (C=O) groups is 2. The Kier molecular flexibility index (Phi) is 3.32. The zero-order chi connectivity index (χ0) is 15.0. The summed E-state index contributed by atoms with van der Waals surface area (Å²) in [6.07, 6.45) is 3.60. The van der Waals surface area contributed by atoms with Crippen molar-refractivity contribution in [2.75, 3.05) is 4.90 Å². The number of hydrogen-bond acceptors (Lipinski definition) is 4. The van der Waals surface area contributed by atoms with Gasteiger partial charge in [-0.3, -0.25) is 14.9 Å². The van der Waals surface area contributed by atoms with Crippen LogP contribution in [-0.4, -0.2) is 22.9 Å². The van der Waals surface area contributed by atoms with Gasteiger partial charge in [-0.2, -0.15) is 0 Å². The summed E-state index contributed by atoms with van der Waals surface area (Å²) in [6.45, 7) is 0. The molecule has 1 N–H and O–H groups in total. The van der Waals surface area contributed by atoms with Crippen LogP contribution in [0.5, 0.6) is 0 Å². The minimum Gasteiger partial charge on any atom is -0.334 e. The minimum absolute atomic E-state index is 0.0702. The van der Waals surface area contributed by atoms with Crippen LogP contribution in [0.25, 0.3) is 0 Å². The fraction of sp³-hybridized carbons (Fsp3) is 0.429. The molecule has 7 heteroatoms. The van der Waals surface area contributed by atoms with Crippen LogP contribution < -0.4 is 10.2 Å². The van der Waals surface area contributed by atoms with Crippen LogP contribution in [0.15, 0.2) is 24.3 Å². The highest BCUT2D eigenvalue weighted by atomic mass is 16.6. The Morgan fingerprint density at radius 3 is 2.48 bits per heavy atom. The normalized spacial score (nSPS) is 25.2. The Labute approximate surface area is 121 Å². The first kappa shape index (κ1) is 13.5. The van der Waals surface area contributed by atoms with E-state index in [2.05, 4.69) is 5.32 Å². The molecule has 3 rings (SSSR count). The molecule has 1 aliphatic carbocycles. The van der Waals surface area contributed by atoms with Crippen LogP contribution >= 0.6 is 0 Å². The highest BCUT2D eigenvalue weighted by molar-refractivity contribution is 6.17. The third-order valence-electron chi connectivity index (χ3n) is 4.13. The van der Waals surface area contributed by atoms with E-state index in [1.54, 1.807) is 0 Å². The molecule has 1 aliphatic heterocycles. The molecule has 2 unspecified atom stereocenters. The summed E-state index contributed by atoms with van der Waals surface area (Å²) in [4.78, 5) is 35.9. The molecule has 2 aliphatic rings. The summed E-state index contributed by atoms with van der Waals surface area (Å²) in [5.74, 6) is -0.399. The lowest BCUT2D eigenvalue weighted by atomic mass is 9.82. The predicted molar refractivity (Wildman–Crippen MR) is 74.9 cm³/mol. The molecule has 1 aromatic rings. The molecular weight excluding hydrogens is 274 g/mol. The second kappa shape index (κ2) is 5.16. The quantitative estimate of drug-likeness (QED) is 0.667. The van der Waals surface area contributed by atoms with Crippen LogP contribution in [0.2, 0.25) is 0 Å². The number of carbonyl (C=O) groups excluding carboxylic acids is 2. The summed E-state index contributed by atoms with van der Waals surface area (Å²) in [6, 6.07) is 4.92. The van der Waals surface area contributed by atoms with E-state index in [-0.39, 0.29) is 23.6 Å². The fourth-order valence-corrected chi connectivity index (χ4v) is 3.06. The maximum absolute atomic E-state index is 12.5. The molecule has 0 aromatic heterocycles. The van der Waals surface area contributed by atoms with E-state index in [0.29, 0.717) is 5.69 Å². The molecule has 1 saturated heterocycles. The molecule has 2 fully saturated rings. The van der Waals surface area contributed by atoms with Gasteiger partial charge in [-0.05, 0) is 25.0 Å². The second-order valence-corrected chi connectivity index (χ2v) is 5.39. The van der Waals surface area contributed by atoms with E-state index in [9.17, 15) is 19.7 Å². The Morgan fingerprint density at radius 1 is 1.14 bits per heavy atom. The van der Waals surface area contributed by atoms with Crippen molar-refractivity contribution in [1.29, 1.82) is 0 Å². The zero-order valence-electron chi connectivity index (χ0n) is 11.3. The maximum atomic E-state index is 12.5. The van der Waals surface area contributed by atoms with E-state index >= 15 is 0 Å². The van der Waals surface area contributed by atoms with Crippen molar-refractivity contribution >= 4 is 23.3 Å². The number of nitro benzene ring substituents is 1. The fourth-order valence-electron chi connectivity index (χ4n) is 3.06. The Hall–Kier alpha value is -2.44. The average molecular weight is 289 g/mol. The van der Waals surface area contributed by atoms with E-state index < -0.39 is 11.0 Å². The number of benzene rings is 1. The second-order valence-electron chi connectivity index (χ2n) is 5.39. The number of rotatable bonds is 2. The van der Waals surface area contributed by atoms with E-state index in [4.69, 9.17) is 0 Å². The number of hydrogen-bond donors (Lipinski definition) is 1. The lowest BCUT2D eigenvalue weighted by Crippen LogP contribution is -2.61. The first-order valence-electron chi connectivity index (χ1n) is 6.97. The lowest BCUT2D eigenvalue weighted by molar-refractivity contribution is -0.384. The molecular formula is C14H15N3O4. The average Bonchev–Trinajstić information content (AvgIpc) is 2.48. The number of amides is 3. The van der Waals surface area contributed by atoms with Crippen LogP contribution in [0.1, 0.15) is 25.7 Å². The molecule has 1 saturated carbocycles. The van der Waals surface area contributed by atoms with Crippen molar-refractivity contribution in [2.24, 2.45) is 5.92 Å². The number of non-ortho nitro benzene ring substituents is 1. The van der Waals surface area contributed by atoms with Gasteiger partial charge in [0.1, 0.15) is 0 Å². The summed E-state index contributed by atoms with van der Waals surface area (Å²) in [5, 5.41) is 13.5. The monoisotopic (exact) mass is 289 g/mol. The highest BCUT2D eigenvalue weighted by Crippen LogP contribution is 2.32. The van der Waals surface area contributed by atoms with Crippen LogP contribution in [0, 0.1) is 16.0 Å². The maximum Gasteiger partial charge on any atom is 0.328 e. The molecule has 21 heavy (non-hydrogen) atoms. The number of nitrogens with one attached hydrogen (secondary N) is 1. The number of anilines is 1. The van der Waals surface area contributed by atoms with Crippen LogP contribution in [-0.2, 0) is 4.79 Å². The standard InChI is InChI=1S/C14H15N3O4/c18-13-11-3-1-2-4-12(11)15-14(19)16(13)9-5-7-10(8-6-9)17(20)21/h5-8,11-12H,1-4H2,(H,15,19). The van der Waals surface area contributed by atoms with E-state index in [0.717, 1.165) is 30.6 Å². The van der Waals surface area contributed by atoms with Gasteiger partial charge in [-0.25, -0.2) is 9.69 Å². The number of nitro groups is 1. The Morgan fingerprint density at radius 2 is 1.81 bits per heavy atom. The van der Waals surface area contributed by atoms with Gasteiger partial charge < -0.3 is 5.32 Å². The summed E-state index contributed by atoms with van der Waals surface area (Å²) in [7, 11) is 0. The smallest absolute Gasteiger partial charge is 0.328 e. The van der Waals surface area contributed by atoms with E-state index in [1.807, 2.05) is 0 Å². The van der Waals surface area contributed by atoms with Gasteiger partial charge in [0.25, 0.3) is 5.69 Å². The van der Waals surface area contributed by atoms with Crippen LogP contribution in [0.3, 0.4) is 0 Å². The number of imide groups is 1. The molecule has 2 atom stereocenters. The van der Waals surface area contributed by atoms with Crippen molar-refractivity contribution in [3.63, 3.8) is 0 Å². The molecule has 3 amide bonds. The minimum atomic E-state index is -0.515. The van der Waals surface area contributed by atoms with Crippen molar-refractivity contribution < 1.29 is 14.5 Å². The van der Waals surface area contributed by atoms with Gasteiger partial charge in [0.05, 0.1) is 16.5 Å². The Bertz CT molecular complexity index is 599. The van der Waals surface area contributed by atoms with Gasteiger partial charge in [-0.1, -0.05) is 12.8 Å². The lowest BCUT2D eigenvalue weighted by Gasteiger charge is -2.39. The largest absolute Gasteiger partial charge is 0.334 e. The number of nitrogens with zero attached hydrogens (tertiary/aromatic N) is 2. The van der Waals surface area contributed by atoms with Gasteiger partial charge in [0.15, 0.2) is 0 Å². The third-order valence-corrected chi connectivity index (χ3v) is 4.13. The molecule has 7 nitrogen and oxygen atoms in total. The van der Waals surface area contributed by atoms with Gasteiger partial charge in [0.2, 0.25) is 5.91 Å². The summed E-state index contributed by atoms with van der Waals surface area (Å²) >= 11 is 0. The molecule has 1 aromatic carbocycles. The Balaban J connectivity index is 1.88. The van der Waals surface area contributed by atoms with E-state index in [1.165, 1.54) is 24.3 Å². The van der Waals surface area contributed by atoms with Gasteiger partial charge in [0, 0.05) is 18.2 Å². The molecule has 110 valence electrons. The van der Waals surface area contributed by atoms with Crippen molar-refractivity contribution in [1.82, 2.24) is 5.32 Å². The number of fused-ring (bicyclic) bond motifs is 1. The number of urea groups is 1. The highest BCUT2D eigenvalue weighted by Gasteiger charge is 2.42. The SMILES string of the molecule is O=C1NC2CCCCC2C(=O)N1c1ccc([N+](=O)[O-])cc1. The molecule has 0 spiro atoms. The third kappa shape index (κ3) is 2.35. The predicted octanol–water partition coefficient (Wildman–Crippen LogP) is 2.21. The molecule has 0 bridgehead atoms. The van der Waals surface area contributed by atoms with Crippen molar-refractivity contribution in [3.8, 4) is 0 Å².